The monoisotopic (exact) mass is 413 g/mol. The molecule has 0 saturated carbocycles. The molecule has 1 aromatic carbocycles. The van der Waals surface area contributed by atoms with Crippen molar-refractivity contribution in [1.82, 2.24) is 14.8 Å². The molecule has 1 fully saturated rings. The van der Waals surface area contributed by atoms with Gasteiger partial charge >= 0.3 is 0 Å². The zero-order valence-electron chi connectivity index (χ0n) is 16.8. The van der Waals surface area contributed by atoms with E-state index < -0.39 is 23.8 Å². The summed E-state index contributed by atoms with van der Waals surface area (Å²) in [6.45, 7) is 3.56. The zero-order chi connectivity index (χ0) is 21.6. The van der Waals surface area contributed by atoms with Crippen molar-refractivity contribution in [3.05, 3.63) is 58.3 Å². The lowest BCUT2D eigenvalue weighted by Gasteiger charge is -2.30. The second-order valence-electron chi connectivity index (χ2n) is 7.79. The Morgan fingerprint density at radius 3 is 2.57 bits per heavy atom. The Morgan fingerprint density at radius 2 is 1.93 bits per heavy atom. The lowest BCUT2D eigenvalue weighted by Crippen LogP contribution is -2.49. The van der Waals surface area contributed by atoms with Crippen LogP contribution in [0.1, 0.15) is 25.6 Å². The molecule has 2 amide bonds. The molecule has 0 bridgehead atoms. The van der Waals surface area contributed by atoms with E-state index in [9.17, 15) is 23.9 Å². The fraction of sp³-hybridized carbons (Fsp3) is 0.409. The van der Waals surface area contributed by atoms with Gasteiger partial charge < -0.3 is 19.9 Å². The van der Waals surface area contributed by atoms with Crippen LogP contribution >= 0.6 is 0 Å². The summed E-state index contributed by atoms with van der Waals surface area (Å²) in [6.07, 6.45) is 0. The average Bonchev–Trinajstić information content (AvgIpc) is 3.24. The van der Waals surface area contributed by atoms with Gasteiger partial charge in [0.1, 0.15) is 11.9 Å². The van der Waals surface area contributed by atoms with E-state index in [1.54, 1.807) is 41.8 Å². The number of carbonyl (C=O) groups is 2. The van der Waals surface area contributed by atoms with Gasteiger partial charge in [-0.2, -0.15) is 0 Å². The van der Waals surface area contributed by atoms with Gasteiger partial charge in [0.05, 0.1) is 11.6 Å². The second-order valence-corrected chi connectivity index (χ2v) is 7.79. The Labute approximate surface area is 173 Å². The third-order valence-electron chi connectivity index (χ3n) is 6.22. The highest BCUT2D eigenvalue weighted by Gasteiger charge is 2.56. The molecule has 0 radical (unpaired) electrons. The van der Waals surface area contributed by atoms with Crippen LogP contribution in [0.15, 0.2) is 41.2 Å². The van der Waals surface area contributed by atoms with Crippen molar-refractivity contribution in [2.45, 2.75) is 32.5 Å². The number of nitrogens with zero attached hydrogens (tertiary/aromatic N) is 2. The van der Waals surface area contributed by atoms with Crippen LogP contribution in [0, 0.1) is 17.7 Å². The predicted octanol–water partition coefficient (Wildman–Crippen LogP) is 1.30. The highest BCUT2D eigenvalue weighted by Crippen LogP contribution is 2.49. The fourth-order valence-electron chi connectivity index (χ4n) is 5.01. The van der Waals surface area contributed by atoms with E-state index in [4.69, 9.17) is 0 Å². The summed E-state index contributed by atoms with van der Waals surface area (Å²) in [6, 6.07) is 8.09. The Morgan fingerprint density at radius 1 is 1.20 bits per heavy atom. The van der Waals surface area contributed by atoms with E-state index in [0.29, 0.717) is 12.2 Å². The van der Waals surface area contributed by atoms with E-state index in [2.05, 4.69) is 5.32 Å². The Hall–Kier alpha value is -3.00. The van der Waals surface area contributed by atoms with Crippen molar-refractivity contribution >= 4 is 11.8 Å². The molecule has 2 aliphatic heterocycles. The van der Waals surface area contributed by atoms with Crippen LogP contribution in [0.4, 0.5) is 4.39 Å². The summed E-state index contributed by atoms with van der Waals surface area (Å²) in [5, 5.41) is 12.8. The van der Waals surface area contributed by atoms with Crippen LogP contribution in [0.2, 0.25) is 0 Å². The predicted molar refractivity (Wildman–Crippen MR) is 108 cm³/mol. The number of hydrogen-bond acceptors (Lipinski definition) is 4. The first-order valence-corrected chi connectivity index (χ1v) is 10.1. The summed E-state index contributed by atoms with van der Waals surface area (Å²) in [5.41, 5.74) is 0.719. The standard InChI is InChI=1S/C22H24FN3O4/c1-3-24-21(29)20-16(11-27)15-10-25-18(19(15)26(20)12(2)28)9-8-14(22(25)30)13-6-4-5-7-17(13)23/h4-9,15-16,19-20,27H,3,10-11H2,1-2H3,(H,24,29)/t15-,16-,19+,20-/m1/s1. The summed E-state index contributed by atoms with van der Waals surface area (Å²) < 4.78 is 15.8. The lowest BCUT2D eigenvalue weighted by atomic mass is 9.88. The van der Waals surface area contributed by atoms with Gasteiger partial charge in [0.25, 0.3) is 5.56 Å². The van der Waals surface area contributed by atoms with Crippen LogP contribution in [0.25, 0.3) is 11.1 Å². The number of aliphatic hydroxyl groups is 1. The minimum Gasteiger partial charge on any atom is -0.396 e. The van der Waals surface area contributed by atoms with Gasteiger partial charge in [-0.05, 0) is 25.1 Å². The van der Waals surface area contributed by atoms with Gasteiger partial charge in [0, 0.05) is 49.7 Å². The normalized spacial score (nSPS) is 24.5. The molecule has 7 nitrogen and oxygen atoms in total. The number of nitrogens with one attached hydrogen (secondary N) is 1. The molecule has 30 heavy (non-hydrogen) atoms. The van der Waals surface area contributed by atoms with E-state index in [1.165, 1.54) is 17.9 Å². The number of carbonyl (C=O) groups excluding carboxylic acids is 2. The average molecular weight is 413 g/mol. The van der Waals surface area contributed by atoms with E-state index in [0.717, 1.165) is 0 Å². The third kappa shape index (κ3) is 2.94. The number of hydrogen-bond donors (Lipinski definition) is 2. The number of amides is 2. The number of fused-ring (bicyclic) bond motifs is 3. The van der Waals surface area contributed by atoms with E-state index in [-0.39, 0.29) is 47.6 Å². The molecule has 0 aliphatic carbocycles. The Kier molecular flexibility index (Phi) is 5.19. The van der Waals surface area contributed by atoms with Gasteiger partial charge in [0.15, 0.2) is 0 Å². The fourth-order valence-corrected chi connectivity index (χ4v) is 5.01. The number of aromatic nitrogens is 1. The molecule has 8 heteroatoms. The first kappa shape index (κ1) is 20.3. The van der Waals surface area contributed by atoms with E-state index in [1.807, 2.05) is 0 Å². The van der Waals surface area contributed by atoms with E-state index >= 15 is 0 Å². The SMILES string of the molecule is CCNC(=O)[C@H]1[C@H](CO)[C@H]2Cn3c(ccc(-c4ccccc4F)c3=O)[C@H]2N1C(C)=O. The molecule has 2 N–H and O–H groups in total. The lowest BCUT2D eigenvalue weighted by molar-refractivity contribution is -0.140. The van der Waals surface area contributed by atoms with Crippen molar-refractivity contribution in [3.63, 3.8) is 0 Å². The molecule has 2 aliphatic rings. The largest absolute Gasteiger partial charge is 0.396 e. The molecule has 1 aromatic heterocycles. The number of benzene rings is 1. The molecule has 0 unspecified atom stereocenters. The first-order valence-electron chi connectivity index (χ1n) is 10.1. The molecule has 158 valence electrons. The van der Waals surface area contributed by atoms with Crippen LogP contribution in [-0.2, 0) is 16.1 Å². The van der Waals surface area contributed by atoms with Gasteiger partial charge in [-0.15, -0.1) is 0 Å². The maximum Gasteiger partial charge on any atom is 0.258 e. The Balaban J connectivity index is 1.82. The van der Waals surface area contributed by atoms with Crippen LogP contribution < -0.4 is 10.9 Å². The van der Waals surface area contributed by atoms with Gasteiger partial charge in [-0.1, -0.05) is 18.2 Å². The minimum atomic E-state index is -0.794. The Bertz CT molecular complexity index is 1070. The van der Waals surface area contributed by atoms with Gasteiger partial charge in [0.2, 0.25) is 11.8 Å². The topological polar surface area (TPSA) is 91.6 Å². The van der Waals surface area contributed by atoms with Crippen molar-refractivity contribution in [1.29, 1.82) is 0 Å². The van der Waals surface area contributed by atoms with Crippen LogP contribution in [0.3, 0.4) is 0 Å². The van der Waals surface area contributed by atoms with Crippen LogP contribution in [0.5, 0.6) is 0 Å². The minimum absolute atomic E-state index is 0.220. The molecular weight excluding hydrogens is 389 g/mol. The zero-order valence-corrected chi connectivity index (χ0v) is 16.8. The highest BCUT2D eigenvalue weighted by molar-refractivity contribution is 5.88. The number of likely N-dealkylation sites (tertiary alicyclic amines) is 1. The summed E-state index contributed by atoms with van der Waals surface area (Å²) in [7, 11) is 0. The van der Waals surface area contributed by atoms with Gasteiger partial charge in [-0.3, -0.25) is 14.4 Å². The van der Waals surface area contributed by atoms with Crippen molar-refractivity contribution in [2.75, 3.05) is 13.2 Å². The number of pyridine rings is 1. The molecular formula is C22H24FN3O4. The molecule has 1 saturated heterocycles. The molecule has 4 rings (SSSR count). The molecule has 0 spiro atoms. The first-order chi connectivity index (χ1) is 14.4. The van der Waals surface area contributed by atoms with Crippen molar-refractivity contribution in [3.8, 4) is 11.1 Å². The smallest absolute Gasteiger partial charge is 0.258 e. The summed E-state index contributed by atoms with van der Waals surface area (Å²) in [5.74, 6) is -1.87. The molecule has 3 heterocycles. The van der Waals surface area contributed by atoms with Crippen molar-refractivity contribution in [2.24, 2.45) is 11.8 Å². The number of likely N-dealkylation sites (N-methyl/N-ethyl adjacent to an activating group) is 1. The highest BCUT2D eigenvalue weighted by atomic mass is 19.1. The quantitative estimate of drug-likeness (QED) is 0.791. The molecule has 2 aromatic rings. The maximum absolute atomic E-state index is 14.3. The number of halogens is 1. The third-order valence-corrected chi connectivity index (χ3v) is 6.22. The van der Waals surface area contributed by atoms with Crippen molar-refractivity contribution < 1.29 is 19.1 Å². The second kappa shape index (κ2) is 7.68. The number of aliphatic hydroxyl groups excluding tert-OH is 1. The summed E-state index contributed by atoms with van der Waals surface area (Å²) >= 11 is 0. The maximum atomic E-state index is 14.3. The summed E-state index contributed by atoms with van der Waals surface area (Å²) in [4.78, 5) is 39.9. The van der Waals surface area contributed by atoms with Crippen LogP contribution in [-0.4, -0.2) is 45.6 Å². The molecule has 4 atom stereocenters. The number of rotatable bonds is 4. The van der Waals surface area contributed by atoms with Gasteiger partial charge in [-0.25, -0.2) is 4.39 Å².